The summed E-state index contributed by atoms with van der Waals surface area (Å²) in [5, 5.41) is 0. The van der Waals surface area contributed by atoms with Crippen molar-refractivity contribution in [3.05, 3.63) is 29.8 Å². The molecule has 0 amide bonds. The van der Waals surface area contributed by atoms with Crippen LogP contribution in [0, 0.1) is 0 Å². The number of ether oxygens (including phenoxy) is 1. The fourth-order valence-corrected chi connectivity index (χ4v) is 2.98. The highest BCUT2D eigenvalue weighted by Gasteiger charge is 2.30. The highest BCUT2D eigenvalue weighted by molar-refractivity contribution is 7.89. The summed E-state index contributed by atoms with van der Waals surface area (Å²) in [6.45, 7) is 0.732. The van der Waals surface area contributed by atoms with Gasteiger partial charge in [0.2, 0.25) is 10.0 Å². The predicted molar refractivity (Wildman–Crippen MR) is 65.6 cm³/mol. The Morgan fingerprint density at radius 3 is 2.40 bits per heavy atom. The highest BCUT2D eigenvalue weighted by Crippen LogP contribution is 2.29. The third-order valence-corrected chi connectivity index (χ3v) is 4.46. The Kier molecular flexibility index (Phi) is 4.36. The van der Waals surface area contributed by atoms with Crippen molar-refractivity contribution in [2.24, 2.45) is 0 Å². The SMILES string of the molecule is O=S(=O)(NC[C@@H]1CCCO1)c1ccc(C(F)(F)F)cc1. The predicted octanol–water partition coefficient (Wildman–Crippen LogP) is 2.16. The highest BCUT2D eigenvalue weighted by atomic mass is 32.2. The Bertz CT molecular complexity index is 548. The lowest BCUT2D eigenvalue weighted by molar-refractivity contribution is -0.137. The van der Waals surface area contributed by atoms with Gasteiger partial charge in [0.25, 0.3) is 0 Å². The number of sulfonamides is 1. The molecule has 0 saturated carbocycles. The van der Waals surface area contributed by atoms with E-state index in [0.717, 1.165) is 37.1 Å². The van der Waals surface area contributed by atoms with E-state index in [-0.39, 0.29) is 17.5 Å². The second-order valence-corrected chi connectivity index (χ2v) is 6.28. The van der Waals surface area contributed by atoms with Crippen LogP contribution in [0.15, 0.2) is 29.2 Å². The van der Waals surface area contributed by atoms with Crippen molar-refractivity contribution in [1.29, 1.82) is 0 Å². The maximum Gasteiger partial charge on any atom is 0.416 e. The lowest BCUT2D eigenvalue weighted by Crippen LogP contribution is -2.31. The molecule has 0 unspecified atom stereocenters. The summed E-state index contributed by atoms with van der Waals surface area (Å²) in [6, 6.07) is 3.39. The molecule has 1 aromatic carbocycles. The Morgan fingerprint density at radius 1 is 1.25 bits per heavy atom. The zero-order valence-corrected chi connectivity index (χ0v) is 11.3. The van der Waals surface area contributed by atoms with Crippen LogP contribution in [0.2, 0.25) is 0 Å². The van der Waals surface area contributed by atoms with Gasteiger partial charge in [0, 0.05) is 13.2 Å². The van der Waals surface area contributed by atoms with Crippen molar-refractivity contribution in [2.45, 2.75) is 30.0 Å². The Labute approximate surface area is 115 Å². The minimum Gasteiger partial charge on any atom is -0.377 e. The second-order valence-electron chi connectivity index (χ2n) is 4.51. The molecule has 8 heteroatoms. The summed E-state index contributed by atoms with van der Waals surface area (Å²) in [5.41, 5.74) is -0.879. The van der Waals surface area contributed by atoms with Gasteiger partial charge in [0.05, 0.1) is 16.6 Å². The van der Waals surface area contributed by atoms with Crippen LogP contribution >= 0.6 is 0 Å². The van der Waals surface area contributed by atoms with E-state index in [1.165, 1.54) is 0 Å². The Hall–Kier alpha value is -1.12. The summed E-state index contributed by atoms with van der Waals surface area (Å²) in [4.78, 5) is -0.191. The molecular formula is C12H14F3NO3S. The Balaban J connectivity index is 2.05. The number of nitrogens with one attached hydrogen (secondary N) is 1. The molecule has 1 aliphatic rings. The summed E-state index contributed by atoms with van der Waals surface area (Å²) in [7, 11) is -3.81. The zero-order chi connectivity index (χ0) is 14.8. The summed E-state index contributed by atoms with van der Waals surface area (Å²) in [6.07, 6.45) is -2.99. The van der Waals surface area contributed by atoms with Gasteiger partial charge in [-0.3, -0.25) is 0 Å². The van der Waals surface area contributed by atoms with Gasteiger partial charge in [0.15, 0.2) is 0 Å². The molecule has 4 nitrogen and oxygen atoms in total. The van der Waals surface area contributed by atoms with Gasteiger partial charge in [-0.15, -0.1) is 0 Å². The van der Waals surface area contributed by atoms with Crippen LogP contribution in [0.5, 0.6) is 0 Å². The van der Waals surface area contributed by atoms with Gasteiger partial charge in [-0.25, -0.2) is 13.1 Å². The van der Waals surface area contributed by atoms with Crippen LogP contribution < -0.4 is 4.72 Å². The monoisotopic (exact) mass is 309 g/mol. The average Bonchev–Trinajstić information content (AvgIpc) is 2.89. The van der Waals surface area contributed by atoms with Crippen molar-refractivity contribution in [3.8, 4) is 0 Å². The van der Waals surface area contributed by atoms with Crippen LogP contribution in [0.3, 0.4) is 0 Å². The van der Waals surface area contributed by atoms with Gasteiger partial charge < -0.3 is 4.74 Å². The van der Waals surface area contributed by atoms with Gasteiger partial charge in [-0.2, -0.15) is 13.2 Å². The molecule has 1 atom stereocenters. The van der Waals surface area contributed by atoms with Crippen LogP contribution in [-0.4, -0.2) is 27.7 Å². The van der Waals surface area contributed by atoms with Crippen molar-refractivity contribution >= 4 is 10.0 Å². The summed E-state index contributed by atoms with van der Waals surface area (Å²) >= 11 is 0. The fraction of sp³-hybridized carbons (Fsp3) is 0.500. The quantitative estimate of drug-likeness (QED) is 0.927. The van der Waals surface area contributed by atoms with Crippen molar-refractivity contribution in [2.75, 3.05) is 13.2 Å². The molecule has 0 bridgehead atoms. The minimum absolute atomic E-state index is 0.128. The second kappa shape index (κ2) is 5.71. The molecule has 1 fully saturated rings. The first-order valence-corrected chi connectivity index (χ1v) is 7.56. The van der Waals surface area contributed by atoms with E-state index in [9.17, 15) is 21.6 Å². The normalized spacial score (nSPS) is 20.2. The average molecular weight is 309 g/mol. The first-order valence-electron chi connectivity index (χ1n) is 6.07. The lowest BCUT2D eigenvalue weighted by Gasteiger charge is -2.12. The summed E-state index contributed by atoms with van der Waals surface area (Å²) < 4.78 is 68.6. The third kappa shape index (κ3) is 3.71. The van der Waals surface area contributed by atoms with E-state index in [2.05, 4.69) is 4.72 Å². The first-order chi connectivity index (χ1) is 9.29. The van der Waals surface area contributed by atoms with Crippen LogP contribution in [0.1, 0.15) is 18.4 Å². The number of alkyl halides is 3. The molecule has 20 heavy (non-hydrogen) atoms. The standard InChI is InChI=1S/C12H14F3NO3S/c13-12(14,15)9-3-5-11(6-4-9)20(17,18)16-8-10-2-1-7-19-10/h3-6,10,16H,1-2,7-8H2/t10-/m0/s1. The number of rotatable bonds is 4. The molecule has 1 saturated heterocycles. The van der Waals surface area contributed by atoms with E-state index < -0.39 is 21.8 Å². The molecule has 0 aliphatic carbocycles. The van der Waals surface area contributed by atoms with Crippen LogP contribution in [0.4, 0.5) is 13.2 Å². The molecule has 0 aromatic heterocycles. The van der Waals surface area contributed by atoms with E-state index >= 15 is 0 Å². The number of benzene rings is 1. The van der Waals surface area contributed by atoms with Gasteiger partial charge in [0.1, 0.15) is 0 Å². The van der Waals surface area contributed by atoms with E-state index in [1.807, 2.05) is 0 Å². The van der Waals surface area contributed by atoms with Gasteiger partial charge in [-0.1, -0.05) is 0 Å². The first kappa shape index (κ1) is 15.3. The topological polar surface area (TPSA) is 55.4 Å². The molecule has 0 spiro atoms. The molecule has 0 radical (unpaired) electrons. The maximum atomic E-state index is 12.4. The smallest absolute Gasteiger partial charge is 0.377 e. The Morgan fingerprint density at radius 2 is 1.90 bits per heavy atom. The van der Waals surface area contributed by atoms with Crippen molar-refractivity contribution < 1.29 is 26.3 Å². The molecule has 1 aliphatic heterocycles. The largest absolute Gasteiger partial charge is 0.416 e. The lowest BCUT2D eigenvalue weighted by atomic mass is 10.2. The van der Waals surface area contributed by atoms with Gasteiger partial charge >= 0.3 is 6.18 Å². The molecule has 1 aromatic rings. The van der Waals surface area contributed by atoms with Crippen molar-refractivity contribution in [3.63, 3.8) is 0 Å². The molecule has 112 valence electrons. The van der Waals surface area contributed by atoms with Gasteiger partial charge in [-0.05, 0) is 37.1 Å². The number of hydrogen-bond donors (Lipinski definition) is 1. The molecular weight excluding hydrogens is 295 g/mol. The summed E-state index contributed by atoms with van der Waals surface area (Å²) in [5.74, 6) is 0. The van der Waals surface area contributed by atoms with E-state index in [0.29, 0.717) is 6.61 Å². The van der Waals surface area contributed by atoms with Crippen molar-refractivity contribution in [1.82, 2.24) is 4.72 Å². The fourth-order valence-electron chi connectivity index (χ4n) is 1.91. The number of halogens is 3. The molecule has 2 rings (SSSR count). The van der Waals surface area contributed by atoms with E-state index in [4.69, 9.17) is 4.74 Å². The van der Waals surface area contributed by atoms with Crippen LogP contribution in [-0.2, 0) is 20.9 Å². The maximum absolute atomic E-state index is 12.4. The number of hydrogen-bond acceptors (Lipinski definition) is 3. The molecule has 1 heterocycles. The zero-order valence-electron chi connectivity index (χ0n) is 10.5. The van der Waals surface area contributed by atoms with Crippen LogP contribution in [0.25, 0.3) is 0 Å². The minimum atomic E-state index is -4.48. The molecule has 1 N–H and O–H groups in total. The third-order valence-electron chi connectivity index (χ3n) is 3.02. The van der Waals surface area contributed by atoms with E-state index in [1.54, 1.807) is 0 Å².